The van der Waals surface area contributed by atoms with Crippen molar-refractivity contribution >= 4 is 17.2 Å². The Morgan fingerprint density at radius 1 is 1.56 bits per heavy atom. The topological polar surface area (TPSA) is 45.2 Å². The van der Waals surface area contributed by atoms with E-state index in [1.54, 1.807) is 6.20 Å². The van der Waals surface area contributed by atoms with Gasteiger partial charge in [0.2, 0.25) is 0 Å². The molecule has 2 rings (SSSR count). The van der Waals surface area contributed by atoms with Crippen LogP contribution in [-0.4, -0.2) is 41.5 Å². The molecule has 0 spiro atoms. The van der Waals surface area contributed by atoms with Gasteiger partial charge in [-0.2, -0.15) is 0 Å². The van der Waals surface area contributed by atoms with Crippen molar-refractivity contribution in [3.63, 3.8) is 0 Å². The highest BCUT2D eigenvalue weighted by Crippen LogP contribution is 2.27. The average molecular weight is 267 g/mol. The summed E-state index contributed by atoms with van der Waals surface area (Å²) in [5.41, 5.74) is 0.0122. The molecule has 5 heteroatoms. The number of hydrogen-bond acceptors (Lipinski definition) is 4. The molecule has 0 radical (unpaired) electrons. The van der Waals surface area contributed by atoms with Crippen LogP contribution in [0.2, 0.25) is 0 Å². The van der Waals surface area contributed by atoms with E-state index in [2.05, 4.69) is 38.0 Å². The van der Waals surface area contributed by atoms with Crippen LogP contribution >= 0.6 is 11.3 Å². The summed E-state index contributed by atoms with van der Waals surface area (Å²) < 4.78 is 0. The van der Waals surface area contributed by atoms with Gasteiger partial charge in [0.25, 0.3) is 5.91 Å². The molecule has 1 aromatic rings. The third-order valence-corrected chi connectivity index (χ3v) is 4.53. The van der Waals surface area contributed by atoms with Crippen LogP contribution < -0.4 is 5.32 Å². The molecule has 0 aromatic carbocycles. The van der Waals surface area contributed by atoms with Gasteiger partial charge in [0, 0.05) is 31.1 Å². The number of thiazole rings is 1. The van der Waals surface area contributed by atoms with Crippen LogP contribution in [-0.2, 0) is 5.41 Å². The summed E-state index contributed by atoms with van der Waals surface area (Å²) >= 11 is 1.52. The highest BCUT2D eigenvalue weighted by Gasteiger charge is 2.27. The van der Waals surface area contributed by atoms with E-state index in [0.29, 0.717) is 0 Å². The van der Waals surface area contributed by atoms with Crippen LogP contribution in [0, 0.1) is 0 Å². The molecule has 100 valence electrons. The van der Waals surface area contributed by atoms with Gasteiger partial charge in [-0.05, 0) is 6.92 Å². The van der Waals surface area contributed by atoms with Crippen LogP contribution in [0.25, 0.3) is 0 Å². The van der Waals surface area contributed by atoms with Gasteiger partial charge >= 0.3 is 0 Å². The molecule has 0 unspecified atom stereocenters. The first-order valence-electron chi connectivity index (χ1n) is 6.37. The Hall–Kier alpha value is -0.940. The lowest BCUT2D eigenvalue weighted by Crippen LogP contribution is -2.52. The van der Waals surface area contributed by atoms with Gasteiger partial charge in [-0.15, -0.1) is 11.3 Å². The van der Waals surface area contributed by atoms with E-state index in [1.807, 2.05) is 4.90 Å². The second-order valence-corrected chi connectivity index (χ2v) is 6.86. The maximum Gasteiger partial charge on any atom is 0.265 e. The van der Waals surface area contributed by atoms with Gasteiger partial charge in [0.15, 0.2) is 0 Å². The number of rotatable bonds is 1. The van der Waals surface area contributed by atoms with Gasteiger partial charge in [0.05, 0.1) is 11.2 Å². The molecular weight excluding hydrogens is 246 g/mol. The molecule has 0 bridgehead atoms. The standard InChI is InChI=1S/C13H21N3OS/c1-9-7-14-5-6-16(9)11(17)10-8-15-12(18-10)13(2,3)4/h8-9,14H,5-7H2,1-4H3/t9-/m0/s1. The van der Waals surface area contributed by atoms with E-state index in [1.165, 1.54) is 11.3 Å². The first-order valence-corrected chi connectivity index (χ1v) is 7.19. The Kier molecular flexibility index (Phi) is 3.73. The van der Waals surface area contributed by atoms with E-state index in [9.17, 15) is 4.79 Å². The summed E-state index contributed by atoms with van der Waals surface area (Å²) in [6.07, 6.45) is 1.72. The second kappa shape index (κ2) is 4.97. The maximum absolute atomic E-state index is 12.4. The van der Waals surface area contributed by atoms with Gasteiger partial charge in [0.1, 0.15) is 4.88 Å². The number of hydrogen-bond donors (Lipinski definition) is 1. The first kappa shape index (κ1) is 13.5. The van der Waals surface area contributed by atoms with E-state index < -0.39 is 0 Å². The van der Waals surface area contributed by atoms with Crippen LogP contribution in [0.4, 0.5) is 0 Å². The number of nitrogens with zero attached hydrogens (tertiary/aromatic N) is 2. The van der Waals surface area contributed by atoms with Gasteiger partial charge in [-0.3, -0.25) is 4.79 Å². The number of carbonyl (C=O) groups is 1. The molecule has 1 saturated heterocycles. The van der Waals surface area contributed by atoms with Gasteiger partial charge < -0.3 is 10.2 Å². The van der Waals surface area contributed by atoms with Crippen molar-refractivity contribution in [2.45, 2.75) is 39.2 Å². The van der Waals surface area contributed by atoms with Crippen molar-refractivity contribution in [3.05, 3.63) is 16.1 Å². The quantitative estimate of drug-likeness (QED) is 0.845. The van der Waals surface area contributed by atoms with Crippen LogP contribution in [0.1, 0.15) is 42.4 Å². The minimum absolute atomic E-state index is 0.0122. The maximum atomic E-state index is 12.4. The summed E-state index contributed by atoms with van der Waals surface area (Å²) in [6, 6.07) is 0.256. The summed E-state index contributed by atoms with van der Waals surface area (Å²) in [5, 5.41) is 4.32. The molecule has 1 aromatic heterocycles. The molecule has 1 atom stereocenters. The number of amides is 1. The van der Waals surface area contributed by atoms with Crippen molar-refractivity contribution < 1.29 is 4.79 Å². The second-order valence-electron chi connectivity index (χ2n) is 5.83. The van der Waals surface area contributed by atoms with E-state index in [0.717, 1.165) is 29.5 Å². The fraction of sp³-hybridized carbons (Fsp3) is 0.692. The summed E-state index contributed by atoms with van der Waals surface area (Å²) in [6.45, 7) is 11.0. The predicted molar refractivity (Wildman–Crippen MR) is 74.2 cm³/mol. The lowest BCUT2D eigenvalue weighted by atomic mass is 9.98. The number of nitrogens with one attached hydrogen (secondary N) is 1. The van der Waals surface area contributed by atoms with Crippen molar-refractivity contribution in [2.75, 3.05) is 19.6 Å². The van der Waals surface area contributed by atoms with Crippen molar-refractivity contribution in [2.24, 2.45) is 0 Å². The Labute approximate surface area is 112 Å². The number of carbonyl (C=O) groups excluding carboxylic acids is 1. The minimum atomic E-state index is 0.0122. The Bertz CT molecular complexity index is 436. The lowest BCUT2D eigenvalue weighted by molar-refractivity contribution is 0.0660. The van der Waals surface area contributed by atoms with Gasteiger partial charge in [-0.1, -0.05) is 20.8 Å². The van der Waals surface area contributed by atoms with Crippen molar-refractivity contribution in [1.29, 1.82) is 0 Å². The van der Waals surface area contributed by atoms with E-state index in [-0.39, 0.29) is 17.4 Å². The molecule has 0 aliphatic carbocycles. The third-order valence-electron chi connectivity index (χ3n) is 3.12. The normalized spacial score (nSPS) is 21.1. The zero-order valence-corrected chi connectivity index (χ0v) is 12.3. The van der Waals surface area contributed by atoms with Crippen molar-refractivity contribution in [1.82, 2.24) is 15.2 Å². The third kappa shape index (κ3) is 2.72. The fourth-order valence-electron chi connectivity index (χ4n) is 2.00. The molecule has 1 N–H and O–H groups in total. The molecule has 1 fully saturated rings. The minimum Gasteiger partial charge on any atom is -0.333 e. The number of aromatic nitrogens is 1. The van der Waals surface area contributed by atoms with Crippen molar-refractivity contribution in [3.8, 4) is 0 Å². The van der Waals surface area contributed by atoms with E-state index in [4.69, 9.17) is 0 Å². The summed E-state index contributed by atoms with van der Waals surface area (Å²) in [5.74, 6) is 0.122. The summed E-state index contributed by atoms with van der Waals surface area (Å²) in [4.78, 5) is 19.5. The molecule has 2 heterocycles. The predicted octanol–water partition coefficient (Wildman–Crippen LogP) is 1.87. The zero-order valence-electron chi connectivity index (χ0n) is 11.5. The van der Waals surface area contributed by atoms with Crippen LogP contribution in [0.3, 0.4) is 0 Å². The zero-order chi connectivity index (χ0) is 13.3. The molecule has 1 amide bonds. The Morgan fingerprint density at radius 3 is 2.83 bits per heavy atom. The first-order chi connectivity index (χ1) is 8.39. The molecule has 0 saturated carbocycles. The lowest BCUT2D eigenvalue weighted by Gasteiger charge is -2.33. The van der Waals surface area contributed by atoms with Crippen LogP contribution in [0.15, 0.2) is 6.20 Å². The smallest absolute Gasteiger partial charge is 0.265 e. The Morgan fingerprint density at radius 2 is 2.28 bits per heavy atom. The SMILES string of the molecule is C[C@H]1CNCCN1C(=O)c1cnc(C(C)(C)C)s1. The number of piperazine rings is 1. The van der Waals surface area contributed by atoms with Crippen LogP contribution in [0.5, 0.6) is 0 Å². The molecule has 4 nitrogen and oxygen atoms in total. The van der Waals surface area contributed by atoms with E-state index >= 15 is 0 Å². The highest BCUT2D eigenvalue weighted by atomic mass is 32.1. The molecular formula is C13H21N3OS. The summed E-state index contributed by atoms with van der Waals surface area (Å²) in [7, 11) is 0. The average Bonchev–Trinajstić information content (AvgIpc) is 2.77. The molecule has 1 aliphatic rings. The Balaban J connectivity index is 2.16. The van der Waals surface area contributed by atoms with Gasteiger partial charge in [-0.25, -0.2) is 4.98 Å². The monoisotopic (exact) mass is 267 g/mol. The highest BCUT2D eigenvalue weighted by molar-refractivity contribution is 7.13. The molecule has 18 heavy (non-hydrogen) atoms. The fourth-order valence-corrected chi connectivity index (χ4v) is 2.93. The molecule has 1 aliphatic heterocycles. The largest absolute Gasteiger partial charge is 0.333 e.